The van der Waals surface area contributed by atoms with Crippen molar-refractivity contribution in [3.05, 3.63) is 33.8 Å². The Morgan fingerprint density at radius 2 is 2.25 bits per heavy atom. The van der Waals surface area contributed by atoms with Crippen LogP contribution >= 0.6 is 23.2 Å². The van der Waals surface area contributed by atoms with Gasteiger partial charge in [-0.15, -0.1) is 0 Å². The van der Waals surface area contributed by atoms with E-state index in [1.165, 1.54) is 6.42 Å². The van der Waals surface area contributed by atoms with Gasteiger partial charge in [-0.3, -0.25) is 4.79 Å². The fourth-order valence-corrected chi connectivity index (χ4v) is 2.95. The van der Waals surface area contributed by atoms with Gasteiger partial charge in [0.15, 0.2) is 0 Å². The summed E-state index contributed by atoms with van der Waals surface area (Å²) in [6.45, 7) is 2.75. The Morgan fingerprint density at radius 3 is 2.95 bits per heavy atom. The lowest BCUT2D eigenvalue weighted by molar-refractivity contribution is -0.121. The summed E-state index contributed by atoms with van der Waals surface area (Å²) < 4.78 is 0. The molecule has 5 heteroatoms. The number of halogens is 2. The van der Waals surface area contributed by atoms with Crippen LogP contribution in [0.2, 0.25) is 10.0 Å². The van der Waals surface area contributed by atoms with Crippen molar-refractivity contribution in [2.24, 2.45) is 5.92 Å². The standard InChI is InChI=1S/C15H20Cl2N2O/c16-13-3-2-12(14(17)9-13)6-8-19-15(20)4-1-11-5-7-18-10-11/h2-3,9,11,18H,1,4-8,10H2,(H,19,20). The van der Waals surface area contributed by atoms with E-state index in [9.17, 15) is 4.79 Å². The minimum Gasteiger partial charge on any atom is -0.356 e. The first kappa shape index (κ1) is 15.6. The van der Waals surface area contributed by atoms with E-state index in [0.29, 0.717) is 28.9 Å². The number of nitrogens with one attached hydrogen (secondary N) is 2. The minimum atomic E-state index is 0.127. The molecule has 1 atom stereocenters. The number of carbonyl (C=O) groups is 1. The zero-order valence-corrected chi connectivity index (χ0v) is 12.9. The van der Waals surface area contributed by atoms with E-state index >= 15 is 0 Å². The Hall–Kier alpha value is -0.770. The molecule has 1 aliphatic rings. The Morgan fingerprint density at radius 1 is 1.40 bits per heavy atom. The van der Waals surface area contributed by atoms with Crippen LogP contribution in [0.1, 0.15) is 24.8 Å². The van der Waals surface area contributed by atoms with Gasteiger partial charge >= 0.3 is 0 Å². The van der Waals surface area contributed by atoms with Crippen LogP contribution in [-0.2, 0) is 11.2 Å². The molecule has 3 nitrogen and oxygen atoms in total. The molecule has 1 aliphatic heterocycles. The summed E-state index contributed by atoms with van der Waals surface area (Å²) in [6.07, 6.45) is 3.50. The molecule has 1 saturated heterocycles. The van der Waals surface area contributed by atoms with E-state index in [1.54, 1.807) is 6.07 Å². The molecule has 2 rings (SSSR count). The van der Waals surface area contributed by atoms with Gasteiger partial charge in [0.2, 0.25) is 5.91 Å². The third-order valence-corrected chi connectivity index (χ3v) is 4.26. The van der Waals surface area contributed by atoms with Gasteiger partial charge in [-0.2, -0.15) is 0 Å². The van der Waals surface area contributed by atoms with E-state index in [-0.39, 0.29) is 5.91 Å². The summed E-state index contributed by atoms with van der Waals surface area (Å²) in [4.78, 5) is 11.7. The van der Waals surface area contributed by atoms with Crippen molar-refractivity contribution in [2.45, 2.75) is 25.7 Å². The molecule has 0 saturated carbocycles. The highest BCUT2D eigenvalue weighted by Crippen LogP contribution is 2.21. The van der Waals surface area contributed by atoms with E-state index in [4.69, 9.17) is 23.2 Å². The van der Waals surface area contributed by atoms with E-state index in [1.807, 2.05) is 12.1 Å². The number of amides is 1. The first-order chi connectivity index (χ1) is 9.65. The predicted molar refractivity (Wildman–Crippen MR) is 83.4 cm³/mol. The van der Waals surface area contributed by atoms with Gasteiger partial charge in [-0.1, -0.05) is 29.3 Å². The molecule has 1 heterocycles. The minimum absolute atomic E-state index is 0.127. The Balaban J connectivity index is 1.65. The van der Waals surface area contributed by atoms with Gasteiger partial charge in [-0.25, -0.2) is 0 Å². The predicted octanol–water partition coefficient (Wildman–Crippen LogP) is 3.04. The van der Waals surface area contributed by atoms with Crippen molar-refractivity contribution in [3.63, 3.8) is 0 Å². The Labute approximate surface area is 130 Å². The average molecular weight is 315 g/mol. The molecule has 0 aliphatic carbocycles. The molecule has 1 aromatic rings. The number of benzene rings is 1. The van der Waals surface area contributed by atoms with Gasteiger partial charge < -0.3 is 10.6 Å². The molecule has 1 aromatic carbocycles. The normalized spacial score (nSPS) is 18.2. The van der Waals surface area contributed by atoms with E-state index in [2.05, 4.69) is 10.6 Å². The second-order valence-electron chi connectivity index (χ2n) is 5.23. The van der Waals surface area contributed by atoms with E-state index < -0.39 is 0 Å². The highest BCUT2D eigenvalue weighted by molar-refractivity contribution is 6.35. The molecule has 1 unspecified atom stereocenters. The Kier molecular flexibility index (Phi) is 6.14. The van der Waals surface area contributed by atoms with Gasteiger partial charge in [0.05, 0.1) is 0 Å². The summed E-state index contributed by atoms with van der Waals surface area (Å²) in [6, 6.07) is 5.45. The summed E-state index contributed by atoms with van der Waals surface area (Å²) in [5, 5.41) is 7.55. The number of hydrogen-bond donors (Lipinski definition) is 2. The lowest BCUT2D eigenvalue weighted by Crippen LogP contribution is -2.26. The topological polar surface area (TPSA) is 41.1 Å². The lowest BCUT2D eigenvalue weighted by Gasteiger charge is -2.09. The number of carbonyl (C=O) groups excluding carboxylic acids is 1. The second-order valence-corrected chi connectivity index (χ2v) is 6.08. The lowest BCUT2D eigenvalue weighted by atomic mass is 10.0. The van der Waals surface area contributed by atoms with Crippen molar-refractivity contribution < 1.29 is 4.79 Å². The maximum Gasteiger partial charge on any atom is 0.220 e. The van der Waals surface area contributed by atoms with Crippen molar-refractivity contribution in [3.8, 4) is 0 Å². The van der Waals surface area contributed by atoms with Crippen LogP contribution in [-0.4, -0.2) is 25.5 Å². The van der Waals surface area contributed by atoms with Crippen LogP contribution in [0.3, 0.4) is 0 Å². The molecule has 0 radical (unpaired) electrons. The maximum atomic E-state index is 11.7. The first-order valence-electron chi connectivity index (χ1n) is 7.06. The van der Waals surface area contributed by atoms with Gasteiger partial charge in [0.25, 0.3) is 0 Å². The zero-order valence-electron chi connectivity index (χ0n) is 11.4. The summed E-state index contributed by atoms with van der Waals surface area (Å²) in [5.74, 6) is 0.786. The molecule has 0 bridgehead atoms. The third-order valence-electron chi connectivity index (χ3n) is 3.67. The van der Waals surface area contributed by atoms with Gasteiger partial charge in [-0.05, 0) is 56.0 Å². The van der Waals surface area contributed by atoms with Crippen molar-refractivity contribution in [1.29, 1.82) is 0 Å². The molecule has 2 N–H and O–H groups in total. The largest absolute Gasteiger partial charge is 0.356 e. The summed E-state index contributed by atoms with van der Waals surface area (Å²) in [5.41, 5.74) is 1.01. The average Bonchev–Trinajstić information content (AvgIpc) is 2.92. The fourth-order valence-electron chi connectivity index (χ4n) is 2.45. The molecule has 1 amide bonds. The number of rotatable bonds is 6. The van der Waals surface area contributed by atoms with Crippen molar-refractivity contribution in [1.82, 2.24) is 10.6 Å². The summed E-state index contributed by atoms with van der Waals surface area (Å²) in [7, 11) is 0. The monoisotopic (exact) mass is 314 g/mol. The molecule has 20 heavy (non-hydrogen) atoms. The SMILES string of the molecule is O=C(CCC1CCNC1)NCCc1ccc(Cl)cc1Cl. The van der Waals surface area contributed by atoms with Gasteiger partial charge in [0.1, 0.15) is 0 Å². The fraction of sp³-hybridized carbons (Fsp3) is 0.533. The van der Waals surface area contributed by atoms with Crippen LogP contribution in [0.25, 0.3) is 0 Å². The smallest absolute Gasteiger partial charge is 0.220 e. The zero-order chi connectivity index (χ0) is 14.4. The third kappa shape index (κ3) is 4.97. The van der Waals surface area contributed by atoms with Crippen LogP contribution in [0, 0.1) is 5.92 Å². The molecule has 110 valence electrons. The molecule has 0 spiro atoms. The van der Waals surface area contributed by atoms with E-state index in [0.717, 1.165) is 31.5 Å². The van der Waals surface area contributed by atoms with Crippen LogP contribution in [0.5, 0.6) is 0 Å². The quantitative estimate of drug-likeness (QED) is 0.847. The second kappa shape index (κ2) is 7.87. The number of hydrogen-bond acceptors (Lipinski definition) is 2. The first-order valence-corrected chi connectivity index (χ1v) is 7.82. The van der Waals surface area contributed by atoms with Crippen LogP contribution in [0.4, 0.5) is 0 Å². The molecule has 1 fully saturated rings. The molecule has 0 aromatic heterocycles. The highest BCUT2D eigenvalue weighted by Gasteiger charge is 2.15. The van der Waals surface area contributed by atoms with Crippen molar-refractivity contribution in [2.75, 3.05) is 19.6 Å². The molecular formula is C15H20Cl2N2O. The highest BCUT2D eigenvalue weighted by atomic mass is 35.5. The van der Waals surface area contributed by atoms with Gasteiger partial charge in [0, 0.05) is 23.0 Å². The Bertz CT molecular complexity index is 459. The van der Waals surface area contributed by atoms with Crippen LogP contribution in [0.15, 0.2) is 18.2 Å². The summed E-state index contributed by atoms with van der Waals surface area (Å²) >= 11 is 11.9. The molecular weight excluding hydrogens is 295 g/mol. The maximum absolute atomic E-state index is 11.7. The van der Waals surface area contributed by atoms with Crippen LogP contribution < -0.4 is 10.6 Å². The van der Waals surface area contributed by atoms with Crippen molar-refractivity contribution >= 4 is 29.1 Å².